The zero-order chi connectivity index (χ0) is 19.9. The molecule has 2 rings (SSSR count). The summed E-state index contributed by atoms with van der Waals surface area (Å²) >= 11 is 6.89. The van der Waals surface area contributed by atoms with Gasteiger partial charge in [-0.3, -0.25) is 14.2 Å². The number of alkyl halides is 3. The Kier molecular flexibility index (Phi) is 6.29. The molecular formula is C16H16Br2F3NO3S. The molecule has 0 spiro atoms. The highest BCUT2D eigenvalue weighted by Crippen LogP contribution is 2.60. The molecule has 1 heterocycles. The first kappa shape index (κ1) is 21.4. The van der Waals surface area contributed by atoms with E-state index < -0.39 is 35.2 Å². The molecule has 26 heavy (non-hydrogen) atoms. The highest BCUT2D eigenvalue weighted by Gasteiger charge is 2.61. The molecule has 10 heteroatoms. The fourth-order valence-corrected chi connectivity index (χ4v) is 4.45. The Labute approximate surface area is 169 Å². The summed E-state index contributed by atoms with van der Waals surface area (Å²) in [4.78, 5) is 23.1. The van der Waals surface area contributed by atoms with Crippen molar-refractivity contribution < 1.29 is 22.7 Å². The SMILES string of the molecule is C=CCn1c(C(F)(F)F)c(COC(=O)[C@@H]2[C@H](C=C(Br)Br)C2(C)C)sc1=O. The Morgan fingerprint density at radius 3 is 2.54 bits per heavy atom. The lowest BCUT2D eigenvalue weighted by atomic mass is 10.1. The van der Waals surface area contributed by atoms with Crippen LogP contribution in [0, 0.1) is 17.3 Å². The van der Waals surface area contributed by atoms with Crippen molar-refractivity contribution in [3.63, 3.8) is 0 Å². The van der Waals surface area contributed by atoms with Crippen molar-refractivity contribution in [2.45, 2.75) is 33.2 Å². The zero-order valence-corrected chi connectivity index (χ0v) is 17.9. The van der Waals surface area contributed by atoms with Crippen molar-refractivity contribution in [1.29, 1.82) is 0 Å². The minimum atomic E-state index is -4.73. The third-order valence-corrected chi connectivity index (χ3v) is 5.84. The summed E-state index contributed by atoms with van der Waals surface area (Å²) in [7, 11) is 0. The van der Waals surface area contributed by atoms with Gasteiger partial charge >= 0.3 is 17.0 Å². The van der Waals surface area contributed by atoms with Gasteiger partial charge in [0.05, 0.1) is 14.2 Å². The number of rotatable bonds is 6. The van der Waals surface area contributed by atoms with Crippen molar-refractivity contribution >= 4 is 49.2 Å². The minimum Gasteiger partial charge on any atom is -0.460 e. The summed E-state index contributed by atoms with van der Waals surface area (Å²) in [5.41, 5.74) is -1.44. The maximum Gasteiger partial charge on any atom is 0.432 e. The molecule has 1 aliphatic rings. The van der Waals surface area contributed by atoms with Crippen LogP contribution in [-0.2, 0) is 28.9 Å². The fraction of sp³-hybridized carbons (Fsp3) is 0.500. The van der Waals surface area contributed by atoms with E-state index in [1.165, 1.54) is 6.08 Å². The van der Waals surface area contributed by atoms with Crippen LogP contribution in [-0.4, -0.2) is 10.5 Å². The van der Waals surface area contributed by atoms with Gasteiger partial charge in [-0.05, 0) is 43.2 Å². The Bertz CT molecular complexity index is 807. The van der Waals surface area contributed by atoms with Gasteiger partial charge in [-0.1, -0.05) is 37.3 Å². The van der Waals surface area contributed by atoms with Crippen molar-refractivity contribution in [2.24, 2.45) is 17.3 Å². The average molecular weight is 519 g/mol. The lowest BCUT2D eigenvalue weighted by Crippen LogP contribution is -2.22. The van der Waals surface area contributed by atoms with E-state index in [1.807, 2.05) is 19.9 Å². The summed E-state index contributed by atoms with van der Waals surface area (Å²) in [5.74, 6) is -1.12. The lowest BCUT2D eigenvalue weighted by Gasteiger charge is -2.12. The Hall–Kier alpha value is -0.870. The third kappa shape index (κ3) is 4.33. The van der Waals surface area contributed by atoms with E-state index >= 15 is 0 Å². The first-order chi connectivity index (χ1) is 11.9. The molecule has 1 fully saturated rings. The zero-order valence-electron chi connectivity index (χ0n) is 13.9. The molecule has 1 aliphatic carbocycles. The molecule has 1 aromatic rings. The van der Waals surface area contributed by atoms with Gasteiger partial charge in [0.25, 0.3) is 0 Å². The summed E-state index contributed by atoms with van der Waals surface area (Å²) in [6.45, 7) is 6.27. The van der Waals surface area contributed by atoms with Crippen LogP contribution < -0.4 is 4.87 Å². The monoisotopic (exact) mass is 517 g/mol. The second-order valence-electron chi connectivity index (χ2n) is 6.43. The minimum absolute atomic E-state index is 0.0880. The second kappa shape index (κ2) is 7.63. The highest BCUT2D eigenvalue weighted by molar-refractivity contribution is 9.28. The van der Waals surface area contributed by atoms with Gasteiger partial charge in [0.1, 0.15) is 12.3 Å². The van der Waals surface area contributed by atoms with E-state index in [-0.39, 0.29) is 22.8 Å². The molecule has 0 amide bonds. The van der Waals surface area contributed by atoms with Crippen LogP contribution in [0.3, 0.4) is 0 Å². The summed E-state index contributed by atoms with van der Waals surface area (Å²) < 4.78 is 46.4. The number of allylic oxidation sites excluding steroid dienone is 2. The number of hydrogen-bond donors (Lipinski definition) is 0. The van der Waals surface area contributed by atoms with E-state index in [0.29, 0.717) is 19.3 Å². The number of nitrogens with zero attached hydrogens (tertiary/aromatic N) is 1. The van der Waals surface area contributed by atoms with Crippen LogP contribution in [0.1, 0.15) is 24.4 Å². The third-order valence-electron chi connectivity index (χ3n) is 4.36. The molecule has 0 aromatic carbocycles. The number of esters is 1. The van der Waals surface area contributed by atoms with Gasteiger partial charge in [-0.2, -0.15) is 13.2 Å². The molecule has 1 saturated carbocycles. The largest absolute Gasteiger partial charge is 0.460 e. The Morgan fingerprint density at radius 1 is 1.42 bits per heavy atom. The van der Waals surface area contributed by atoms with Crippen LogP contribution in [0.25, 0.3) is 0 Å². The first-order valence-corrected chi connectivity index (χ1v) is 9.91. The number of carbonyl (C=O) groups excluding carboxylic acids is 1. The van der Waals surface area contributed by atoms with E-state index in [2.05, 4.69) is 38.4 Å². The van der Waals surface area contributed by atoms with Gasteiger partial charge in [0.15, 0.2) is 0 Å². The van der Waals surface area contributed by atoms with E-state index in [9.17, 15) is 22.8 Å². The Morgan fingerprint density at radius 2 is 2.04 bits per heavy atom. The standard InChI is InChI=1S/C16H16Br2F3NO3S/c1-4-5-22-12(16(19,20)21)9(26-14(22)24)7-25-13(23)11-8(6-10(17)18)15(11,2)3/h4,6,8,11H,1,5,7H2,2-3H3/t8-,11-/m0/s1. The second-order valence-corrected chi connectivity index (χ2v) is 10.2. The first-order valence-electron chi connectivity index (χ1n) is 7.51. The predicted molar refractivity (Wildman–Crippen MR) is 100 cm³/mol. The molecule has 0 saturated heterocycles. The number of halogens is 5. The molecule has 4 nitrogen and oxygen atoms in total. The number of aromatic nitrogens is 1. The van der Waals surface area contributed by atoms with Gasteiger partial charge in [0.2, 0.25) is 0 Å². The van der Waals surface area contributed by atoms with Crippen LogP contribution >= 0.6 is 43.2 Å². The molecule has 0 bridgehead atoms. The van der Waals surface area contributed by atoms with Crippen molar-refractivity contribution in [1.82, 2.24) is 4.57 Å². The van der Waals surface area contributed by atoms with Crippen LogP contribution in [0.2, 0.25) is 0 Å². The van der Waals surface area contributed by atoms with Crippen LogP contribution in [0.15, 0.2) is 26.9 Å². The maximum absolute atomic E-state index is 13.3. The van der Waals surface area contributed by atoms with Gasteiger partial charge in [-0.25, -0.2) is 0 Å². The summed E-state index contributed by atoms with van der Waals surface area (Å²) in [6, 6.07) is 0. The molecule has 2 atom stereocenters. The number of hydrogen-bond acceptors (Lipinski definition) is 4. The van der Waals surface area contributed by atoms with E-state index in [0.717, 1.165) is 0 Å². The Balaban J connectivity index is 2.19. The molecular weight excluding hydrogens is 503 g/mol. The smallest absolute Gasteiger partial charge is 0.432 e. The van der Waals surface area contributed by atoms with Crippen molar-refractivity contribution in [2.75, 3.05) is 0 Å². The number of thiazole rings is 1. The normalized spacial score (nSPS) is 21.2. The average Bonchev–Trinajstić information content (AvgIpc) is 2.84. The lowest BCUT2D eigenvalue weighted by molar-refractivity contribution is -0.151. The number of ether oxygens (including phenoxy) is 1. The highest BCUT2D eigenvalue weighted by atomic mass is 79.9. The summed E-state index contributed by atoms with van der Waals surface area (Å²) in [5, 5.41) is 0. The fourth-order valence-electron chi connectivity index (χ4n) is 2.96. The van der Waals surface area contributed by atoms with Crippen LogP contribution in [0.5, 0.6) is 0 Å². The summed E-state index contributed by atoms with van der Waals surface area (Å²) in [6.07, 6.45) is -1.71. The van der Waals surface area contributed by atoms with Crippen molar-refractivity contribution in [3.8, 4) is 0 Å². The molecule has 1 aromatic heterocycles. The molecule has 0 N–H and O–H groups in total. The molecule has 0 radical (unpaired) electrons. The molecule has 0 unspecified atom stereocenters. The van der Waals surface area contributed by atoms with Crippen LogP contribution in [0.4, 0.5) is 13.2 Å². The quantitative estimate of drug-likeness (QED) is 0.390. The van der Waals surface area contributed by atoms with Gasteiger partial charge in [-0.15, -0.1) is 6.58 Å². The van der Waals surface area contributed by atoms with Crippen molar-refractivity contribution in [3.05, 3.63) is 42.4 Å². The van der Waals surface area contributed by atoms with Gasteiger partial charge < -0.3 is 4.74 Å². The van der Waals surface area contributed by atoms with E-state index in [1.54, 1.807) is 0 Å². The number of carbonyl (C=O) groups is 1. The predicted octanol–water partition coefficient (Wildman–Crippen LogP) is 5.06. The van der Waals surface area contributed by atoms with E-state index in [4.69, 9.17) is 4.74 Å². The molecule has 144 valence electrons. The van der Waals surface area contributed by atoms with Gasteiger partial charge in [0, 0.05) is 6.54 Å². The maximum atomic E-state index is 13.3. The molecule has 0 aliphatic heterocycles. The topological polar surface area (TPSA) is 48.3 Å².